The van der Waals surface area contributed by atoms with Crippen LogP contribution < -0.4 is 19.5 Å². The minimum atomic E-state index is -0.275. The molecule has 0 fully saturated rings. The van der Waals surface area contributed by atoms with Gasteiger partial charge in [0, 0.05) is 11.1 Å². The van der Waals surface area contributed by atoms with Gasteiger partial charge in [-0.3, -0.25) is 9.89 Å². The highest BCUT2D eigenvalue weighted by Crippen LogP contribution is 2.35. The molecule has 0 atom stereocenters. The van der Waals surface area contributed by atoms with E-state index in [-0.39, 0.29) is 19.2 Å². The van der Waals surface area contributed by atoms with Crippen LogP contribution in [0.1, 0.15) is 16.1 Å². The van der Waals surface area contributed by atoms with E-state index in [0.29, 0.717) is 22.9 Å². The van der Waals surface area contributed by atoms with Gasteiger partial charge in [0.2, 0.25) is 6.79 Å². The van der Waals surface area contributed by atoms with Gasteiger partial charge in [-0.15, -0.1) is 0 Å². The van der Waals surface area contributed by atoms with Crippen molar-refractivity contribution in [3.63, 3.8) is 0 Å². The fraction of sp³-hybridized carbons (Fsp3) is 0.143. The zero-order valence-electron chi connectivity index (χ0n) is 15.1. The Morgan fingerprint density at radius 2 is 2.00 bits per heavy atom. The molecule has 7 nitrogen and oxygen atoms in total. The lowest BCUT2D eigenvalue weighted by Crippen LogP contribution is -2.23. The van der Waals surface area contributed by atoms with Crippen LogP contribution in [0.4, 0.5) is 0 Å². The Labute approximate surface area is 161 Å². The number of hydrogen-bond donors (Lipinski definition) is 2. The van der Waals surface area contributed by atoms with Gasteiger partial charge in [0.15, 0.2) is 11.5 Å². The number of ether oxygens (including phenoxy) is 3. The normalized spacial score (nSPS) is 11.5. The molecule has 0 radical (unpaired) electrons. The molecule has 0 bridgehead atoms. The molecule has 3 aromatic rings. The summed E-state index contributed by atoms with van der Waals surface area (Å²) in [5, 5.41) is 9.69. The van der Waals surface area contributed by atoms with Gasteiger partial charge < -0.3 is 19.5 Å². The second-order valence-electron chi connectivity index (χ2n) is 5.95. The number of fused-ring (bicyclic) bond motifs is 1. The monoisotopic (exact) mass is 375 g/mol. The summed E-state index contributed by atoms with van der Waals surface area (Å²) in [6.45, 7) is 0.438. The Kier molecular flexibility index (Phi) is 4.85. The van der Waals surface area contributed by atoms with Gasteiger partial charge in [-0.25, -0.2) is 0 Å². The maximum absolute atomic E-state index is 12.3. The largest absolute Gasteiger partial charge is 0.497 e. The molecule has 1 aliphatic rings. The second kappa shape index (κ2) is 7.76. The fourth-order valence-electron chi connectivity index (χ4n) is 2.68. The maximum atomic E-state index is 12.3. The Morgan fingerprint density at radius 1 is 1.18 bits per heavy atom. The highest BCUT2D eigenvalue weighted by atomic mass is 16.7. The number of amides is 1. The van der Waals surface area contributed by atoms with Crippen LogP contribution in [0.25, 0.3) is 11.3 Å². The molecule has 7 heteroatoms. The van der Waals surface area contributed by atoms with E-state index in [1.165, 1.54) is 0 Å². The summed E-state index contributed by atoms with van der Waals surface area (Å²) in [5.41, 5.74) is 2.69. The first-order chi connectivity index (χ1) is 13.7. The summed E-state index contributed by atoms with van der Waals surface area (Å²) in [6.07, 6.45) is 0. The number of aromatic amines is 1. The van der Waals surface area contributed by atoms with Gasteiger partial charge in [-0.05, 0) is 48.5 Å². The smallest absolute Gasteiger partial charge is 0.270 e. The van der Waals surface area contributed by atoms with Crippen molar-refractivity contribution in [2.45, 2.75) is 0 Å². The summed E-state index contributed by atoms with van der Waals surface area (Å²) in [7, 11) is 1.61. The number of H-pyrrole nitrogens is 1. The van der Waals surface area contributed by atoms with Crippen molar-refractivity contribution >= 4 is 5.91 Å². The van der Waals surface area contributed by atoms with Gasteiger partial charge in [0.05, 0.1) is 19.3 Å². The molecule has 1 aliphatic heterocycles. The summed E-state index contributed by atoms with van der Waals surface area (Å²) in [5.74, 6) is 7.77. The van der Waals surface area contributed by atoms with Crippen molar-refractivity contribution in [3.05, 3.63) is 59.8 Å². The number of methoxy groups -OCH3 is 1. The Bertz CT molecular complexity index is 1060. The predicted molar refractivity (Wildman–Crippen MR) is 102 cm³/mol. The number of carbonyl (C=O) groups is 1. The molecule has 0 saturated heterocycles. The van der Waals surface area contributed by atoms with Crippen molar-refractivity contribution in [1.29, 1.82) is 0 Å². The van der Waals surface area contributed by atoms with E-state index in [9.17, 15) is 4.79 Å². The van der Waals surface area contributed by atoms with Crippen LogP contribution in [0.15, 0.2) is 48.5 Å². The highest BCUT2D eigenvalue weighted by Gasteiger charge is 2.16. The van der Waals surface area contributed by atoms with Crippen molar-refractivity contribution in [1.82, 2.24) is 15.5 Å². The Balaban J connectivity index is 1.36. The quantitative estimate of drug-likeness (QED) is 0.685. The van der Waals surface area contributed by atoms with Crippen LogP contribution in [0, 0.1) is 11.8 Å². The number of benzene rings is 2. The van der Waals surface area contributed by atoms with E-state index >= 15 is 0 Å². The molecule has 28 heavy (non-hydrogen) atoms. The first kappa shape index (κ1) is 17.5. The van der Waals surface area contributed by atoms with E-state index in [0.717, 1.165) is 16.9 Å². The molecule has 140 valence electrons. The Hall–Kier alpha value is -3.92. The lowest BCUT2D eigenvalue weighted by molar-refractivity contribution is 0.0953. The molecule has 0 aliphatic carbocycles. The van der Waals surface area contributed by atoms with Crippen LogP contribution >= 0.6 is 0 Å². The third kappa shape index (κ3) is 3.76. The molecule has 0 unspecified atom stereocenters. The van der Waals surface area contributed by atoms with Crippen LogP contribution in [0.3, 0.4) is 0 Å². The summed E-state index contributed by atoms with van der Waals surface area (Å²) in [4.78, 5) is 12.3. The number of nitrogens with one attached hydrogen (secondary N) is 2. The molecular weight excluding hydrogens is 358 g/mol. The van der Waals surface area contributed by atoms with Gasteiger partial charge in [0.25, 0.3) is 5.91 Å². The van der Waals surface area contributed by atoms with Crippen LogP contribution in [-0.2, 0) is 0 Å². The third-order valence-electron chi connectivity index (χ3n) is 4.15. The van der Waals surface area contributed by atoms with Crippen LogP contribution in [0.2, 0.25) is 0 Å². The lowest BCUT2D eigenvalue weighted by atomic mass is 10.1. The molecule has 2 aromatic carbocycles. The average molecular weight is 375 g/mol. The SMILES string of the molecule is COc1ccc(C#CCNC(=O)c2cc(-c3ccc4c(c3)OCO4)n[nH]2)cc1. The second-order valence-corrected chi connectivity index (χ2v) is 5.95. The molecule has 1 aromatic heterocycles. The zero-order chi connectivity index (χ0) is 19.3. The molecule has 2 heterocycles. The number of nitrogens with zero attached hydrogens (tertiary/aromatic N) is 1. The minimum Gasteiger partial charge on any atom is -0.497 e. The average Bonchev–Trinajstić information content (AvgIpc) is 3.40. The van der Waals surface area contributed by atoms with Crippen molar-refractivity contribution in [2.75, 3.05) is 20.4 Å². The molecule has 0 spiro atoms. The number of hydrogen-bond acceptors (Lipinski definition) is 5. The highest BCUT2D eigenvalue weighted by molar-refractivity contribution is 5.93. The Morgan fingerprint density at radius 3 is 2.82 bits per heavy atom. The van der Waals surface area contributed by atoms with Gasteiger partial charge in [-0.2, -0.15) is 5.10 Å². The minimum absolute atomic E-state index is 0.213. The topological polar surface area (TPSA) is 85.5 Å². The third-order valence-corrected chi connectivity index (χ3v) is 4.15. The molecule has 0 saturated carbocycles. The molecule has 1 amide bonds. The fourth-order valence-corrected chi connectivity index (χ4v) is 2.68. The number of carbonyl (C=O) groups excluding carboxylic acids is 1. The van der Waals surface area contributed by atoms with Crippen LogP contribution in [-0.4, -0.2) is 36.6 Å². The molecule has 4 rings (SSSR count). The van der Waals surface area contributed by atoms with Crippen molar-refractivity contribution < 1.29 is 19.0 Å². The van der Waals surface area contributed by atoms with E-state index in [1.54, 1.807) is 13.2 Å². The van der Waals surface area contributed by atoms with E-state index < -0.39 is 0 Å². The molecule has 2 N–H and O–H groups in total. The standard InChI is InChI=1S/C21H17N3O4/c1-26-16-7-4-14(5-8-16)3-2-10-22-21(25)18-12-17(23-24-18)15-6-9-19-20(11-15)28-13-27-19/h4-9,11-12H,10,13H2,1H3,(H,22,25)(H,23,24). The molecular formula is C21H17N3O4. The summed E-state index contributed by atoms with van der Waals surface area (Å²) in [6, 6.07) is 14.6. The number of aromatic nitrogens is 2. The van der Waals surface area contributed by atoms with Gasteiger partial charge in [0.1, 0.15) is 11.4 Å². The van der Waals surface area contributed by atoms with Crippen LogP contribution in [0.5, 0.6) is 17.2 Å². The van der Waals surface area contributed by atoms with E-state index in [4.69, 9.17) is 14.2 Å². The van der Waals surface area contributed by atoms with Gasteiger partial charge >= 0.3 is 0 Å². The zero-order valence-corrected chi connectivity index (χ0v) is 15.1. The number of rotatable bonds is 4. The summed E-state index contributed by atoms with van der Waals surface area (Å²) < 4.78 is 15.8. The maximum Gasteiger partial charge on any atom is 0.270 e. The lowest BCUT2D eigenvalue weighted by Gasteiger charge is -1.99. The first-order valence-corrected chi connectivity index (χ1v) is 8.59. The van der Waals surface area contributed by atoms with Crippen molar-refractivity contribution in [2.24, 2.45) is 0 Å². The van der Waals surface area contributed by atoms with Crippen molar-refractivity contribution in [3.8, 4) is 40.3 Å². The van der Waals surface area contributed by atoms with E-state index in [2.05, 4.69) is 27.4 Å². The predicted octanol–water partition coefficient (Wildman–Crippen LogP) is 2.60. The van der Waals surface area contributed by atoms with E-state index in [1.807, 2.05) is 42.5 Å². The van der Waals surface area contributed by atoms with Gasteiger partial charge in [-0.1, -0.05) is 11.8 Å². The summed E-state index contributed by atoms with van der Waals surface area (Å²) >= 11 is 0. The first-order valence-electron chi connectivity index (χ1n) is 8.59.